The number of primary amides is 1. The molecule has 0 aliphatic heterocycles. The molecule has 1 aliphatic carbocycles. The first-order valence-electron chi connectivity index (χ1n) is 10.5. The van der Waals surface area contributed by atoms with Crippen LogP contribution in [0.1, 0.15) is 49.9 Å². The van der Waals surface area contributed by atoms with Crippen molar-refractivity contribution in [1.29, 1.82) is 0 Å². The molecule has 6 nitrogen and oxygen atoms in total. The second kappa shape index (κ2) is 8.33. The summed E-state index contributed by atoms with van der Waals surface area (Å²) >= 11 is 6.17. The van der Waals surface area contributed by atoms with Gasteiger partial charge in [0.15, 0.2) is 0 Å². The van der Waals surface area contributed by atoms with Crippen molar-refractivity contribution in [2.75, 3.05) is 0 Å². The Morgan fingerprint density at radius 3 is 2.76 bits per heavy atom. The molecule has 2 amide bonds. The number of amides is 2. The largest absolute Gasteiger partial charge is 0.366 e. The van der Waals surface area contributed by atoms with Gasteiger partial charge >= 0.3 is 0 Å². The Labute approximate surface area is 194 Å². The second-order valence-corrected chi connectivity index (χ2v) is 8.48. The highest BCUT2D eigenvalue weighted by Gasteiger charge is 2.35. The molecule has 2 heterocycles. The quantitative estimate of drug-likeness (QED) is 0.472. The Morgan fingerprint density at radius 2 is 1.94 bits per heavy atom. The van der Waals surface area contributed by atoms with Crippen molar-refractivity contribution in [1.82, 2.24) is 14.3 Å². The minimum atomic E-state index is -0.575. The zero-order valence-electron chi connectivity index (χ0n) is 17.5. The number of hydrogen-bond donors (Lipinski definition) is 1. The maximum atomic E-state index is 14.6. The van der Waals surface area contributed by atoms with Crippen molar-refractivity contribution >= 4 is 29.1 Å². The van der Waals surface area contributed by atoms with Gasteiger partial charge in [0.25, 0.3) is 5.91 Å². The summed E-state index contributed by atoms with van der Waals surface area (Å²) in [7, 11) is 0. The highest BCUT2D eigenvalue weighted by molar-refractivity contribution is 6.30. The number of carbonyl (C=O) groups is 2. The number of imidazole rings is 1. The van der Waals surface area contributed by atoms with Crippen LogP contribution in [0.3, 0.4) is 0 Å². The van der Waals surface area contributed by atoms with E-state index >= 15 is 0 Å². The first-order valence-corrected chi connectivity index (χ1v) is 10.9. The van der Waals surface area contributed by atoms with Crippen molar-refractivity contribution < 1.29 is 14.0 Å². The summed E-state index contributed by atoms with van der Waals surface area (Å²) < 4.78 is 16.4. The average molecular weight is 463 g/mol. The van der Waals surface area contributed by atoms with Gasteiger partial charge in [0.05, 0.1) is 11.6 Å². The van der Waals surface area contributed by atoms with Crippen LogP contribution in [0.5, 0.6) is 0 Å². The number of fused-ring (bicyclic) bond motifs is 2. The third-order valence-corrected chi connectivity index (χ3v) is 6.35. The van der Waals surface area contributed by atoms with Gasteiger partial charge in [0.1, 0.15) is 11.5 Å². The minimum Gasteiger partial charge on any atom is -0.366 e. The molecule has 1 atom stereocenters. The summed E-state index contributed by atoms with van der Waals surface area (Å²) in [6.45, 7) is 0.123. The number of halogens is 2. The van der Waals surface area contributed by atoms with E-state index in [2.05, 4.69) is 4.98 Å². The van der Waals surface area contributed by atoms with Crippen LogP contribution in [0.2, 0.25) is 5.02 Å². The lowest BCUT2D eigenvalue weighted by Crippen LogP contribution is -2.34. The molecule has 0 unspecified atom stereocenters. The van der Waals surface area contributed by atoms with Crippen LogP contribution >= 0.6 is 11.6 Å². The lowest BCUT2D eigenvalue weighted by molar-refractivity contribution is 0.0657. The first-order chi connectivity index (χ1) is 15.9. The molecule has 0 fully saturated rings. The van der Waals surface area contributed by atoms with Gasteiger partial charge < -0.3 is 15.0 Å². The molecule has 166 valence electrons. The summed E-state index contributed by atoms with van der Waals surface area (Å²) in [5, 5.41) is 0.276. The highest BCUT2D eigenvalue weighted by Crippen LogP contribution is 2.40. The van der Waals surface area contributed by atoms with Gasteiger partial charge in [0, 0.05) is 35.7 Å². The Bertz CT molecular complexity index is 1400. The van der Waals surface area contributed by atoms with Gasteiger partial charge in [0.2, 0.25) is 5.91 Å². The molecule has 0 saturated carbocycles. The lowest BCUT2D eigenvalue weighted by atomic mass is 10.0. The molecule has 0 bridgehead atoms. The van der Waals surface area contributed by atoms with Crippen LogP contribution in [-0.4, -0.2) is 26.1 Å². The standard InChI is InChI=1S/C25H20ClFN4O2/c26-16-12-20-18(21(27)13-16)7-8-22(20)31(14-15-4-1-2-5-17(15)23(28)32)25(33)19-6-3-10-30-11-9-29-24(19)30/h1-6,9-13,22H,7-8,14H2,(H2,28,32)/t22-/m1/s1. The SMILES string of the molecule is NC(=O)c1ccccc1CN(C(=O)c1cccn2ccnc12)[C@@H]1CCc2c(F)cc(Cl)cc21. The fourth-order valence-corrected chi connectivity index (χ4v) is 4.83. The molecule has 33 heavy (non-hydrogen) atoms. The van der Waals surface area contributed by atoms with Crippen LogP contribution in [0, 0.1) is 5.82 Å². The maximum Gasteiger partial charge on any atom is 0.258 e. The predicted molar refractivity (Wildman–Crippen MR) is 122 cm³/mol. The molecule has 0 saturated heterocycles. The minimum absolute atomic E-state index is 0.123. The number of hydrogen-bond acceptors (Lipinski definition) is 3. The van der Waals surface area contributed by atoms with Crippen molar-refractivity contribution in [3.63, 3.8) is 0 Å². The van der Waals surface area contributed by atoms with Crippen LogP contribution < -0.4 is 5.73 Å². The van der Waals surface area contributed by atoms with E-state index in [1.165, 1.54) is 6.07 Å². The summed E-state index contributed by atoms with van der Waals surface area (Å²) in [5.41, 5.74) is 8.71. The monoisotopic (exact) mass is 462 g/mol. The van der Waals surface area contributed by atoms with E-state index in [1.807, 2.05) is 6.20 Å². The van der Waals surface area contributed by atoms with Crippen molar-refractivity contribution in [2.45, 2.75) is 25.4 Å². The normalized spacial score (nSPS) is 14.9. The van der Waals surface area contributed by atoms with E-state index < -0.39 is 11.9 Å². The molecule has 2 N–H and O–H groups in total. The number of rotatable bonds is 5. The van der Waals surface area contributed by atoms with E-state index in [9.17, 15) is 14.0 Å². The molecule has 0 radical (unpaired) electrons. The molecule has 5 rings (SSSR count). The number of pyridine rings is 1. The molecule has 1 aliphatic rings. The average Bonchev–Trinajstić information content (AvgIpc) is 3.44. The molecular formula is C25H20ClFN4O2. The zero-order chi connectivity index (χ0) is 23.1. The van der Waals surface area contributed by atoms with Crippen molar-refractivity contribution in [3.8, 4) is 0 Å². The molecule has 8 heteroatoms. The highest BCUT2D eigenvalue weighted by atomic mass is 35.5. The number of benzene rings is 2. The van der Waals surface area contributed by atoms with E-state index in [4.69, 9.17) is 17.3 Å². The summed E-state index contributed by atoms with van der Waals surface area (Å²) in [5.74, 6) is -1.22. The lowest BCUT2D eigenvalue weighted by Gasteiger charge is -2.31. The number of carbonyl (C=O) groups excluding carboxylic acids is 2. The molecule has 0 spiro atoms. The maximum absolute atomic E-state index is 14.6. The van der Waals surface area contributed by atoms with Crippen molar-refractivity contribution in [3.05, 3.63) is 106 Å². The second-order valence-electron chi connectivity index (χ2n) is 8.04. The molecule has 4 aromatic rings. The van der Waals surface area contributed by atoms with E-state index in [-0.39, 0.29) is 23.3 Å². The van der Waals surface area contributed by atoms with E-state index in [1.54, 1.807) is 64.2 Å². The van der Waals surface area contributed by atoms with E-state index in [0.29, 0.717) is 46.3 Å². The summed E-state index contributed by atoms with van der Waals surface area (Å²) in [6, 6.07) is 13.0. The van der Waals surface area contributed by atoms with Crippen LogP contribution in [0.25, 0.3) is 5.65 Å². The van der Waals surface area contributed by atoms with Gasteiger partial charge in [-0.15, -0.1) is 0 Å². The molecule has 2 aromatic heterocycles. The van der Waals surface area contributed by atoms with Gasteiger partial charge in [-0.3, -0.25) is 9.59 Å². The van der Waals surface area contributed by atoms with Gasteiger partial charge in [-0.2, -0.15) is 0 Å². The summed E-state index contributed by atoms with van der Waals surface area (Å²) in [6.07, 6.45) is 6.22. The van der Waals surface area contributed by atoms with Crippen LogP contribution in [-0.2, 0) is 13.0 Å². The third-order valence-electron chi connectivity index (χ3n) is 6.13. The first kappa shape index (κ1) is 21.2. The molecular weight excluding hydrogens is 443 g/mol. The summed E-state index contributed by atoms with van der Waals surface area (Å²) in [4.78, 5) is 32.0. The Morgan fingerprint density at radius 1 is 1.15 bits per heavy atom. The Balaban J connectivity index is 1.64. The van der Waals surface area contributed by atoms with Gasteiger partial charge in [-0.25, -0.2) is 9.37 Å². The van der Waals surface area contributed by atoms with Crippen LogP contribution in [0.15, 0.2) is 67.1 Å². The molecule has 2 aromatic carbocycles. The smallest absolute Gasteiger partial charge is 0.258 e. The Kier molecular flexibility index (Phi) is 5.34. The zero-order valence-corrected chi connectivity index (χ0v) is 18.3. The fourth-order valence-electron chi connectivity index (χ4n) is 4.62. The number of aromatic nitrogens is 2. The predicted octanol–water partition coefficient (Wildman–Crippen LogP) is 4.56. The van der Waals surface area contributed by atoms with Crippen LogP contribution in [0.4, 0.5) is 4.39 Å². The van der Waals surface area contributed by atoms with Gasteiger partial charge in [-0.1, -0.05) is 29.8 Å². The topological polar surface area (TPSA) is 80.7 Å². The van der Waals surface area contributed by atoms with Gasteiger partial charge in [-0.05, 0) is 59.9 Å². The Hall–Kier alpha value is -3.71. The third kappa shape index (κ3) is 3.74. The van der Waals surface area contributed by atoms with Crippen molar-refractivity contribution in [2.24, 2.45) is 5.73 Å². The number of nitrogens with two attached hydrogens (primary N) is 1. The fraction of sp³-hybridized carbons (Fsp3) is 0.160. The van der Waals surface area contributed by atoms with E-state index in [0.717, 1.165) is 0 Å². The number of nitrogens with zero attached hydrogens (tertiary/aromatic N) is 3.